The van der Waals surface area contributed by atoms with E-state index in [9.17, 15) is 9.90 Å². The summed E-state index contributed by atoms with van der Waals surface area (Å²) in [5, 5.41) is 18.2. The maximum atomic E-state index is 12.6. The van der Waals surface area contributed by atoms with Gasteiger partial charge in [-0.05, 0) is 36.6 Å². The fourth-order valence-electron chi connectivity index (χ4n) is 4.48. The van der Waals surface area contributed by atoms with Crippen LogP contribution in [0.15, 0.2) is 48.8 Å². The van der Waals surface area contributed by atoms with Gasteiger partial charge in [-0.15, -0.1) is 0 Å². The minimum Gasteiger partial charge on any atom is -0.394 e. The van der Waals surface area contributed by atoms with Crippen molar-refractivity contribution in [2.45, 2.75) is 25.4 Å². The fourth-order valence-corrected chi connectivity index (χ4v) is 4.48. The molecule has 30 heavy (non-hydrogen) atoms. The smallest absolute Gasteiger partial charge is 0.270 e. The number of nitrogens with zero attached hydrogens (tertiary/aromatic N) is 4. The molecule has 0 radical (unpaired) electrons. The van der Waals surface area contributed by atoms with E-state index in [1.165, 1.54) is 0 Å². The summed E-state index contributed by atoms with van der Waals surface area (Å²) in [7, 11) is 0. The van der Waals surface area contributed by atoms with Crippen LogP contribution in [0.3, 0.4) is 0 Å². The van der Waals surface area contributed by atoms with E-state index in [0.717, 1.165) is 57.4 Å². The minimum atomic E-state index is -0.303. The molecule has 1 amide bonds. The summed E-state index contributed by atoms with van der Waals surface area (Å²) in [6.07, 6.45) is 5.34. The fraction of sp³-hybridized carbons (Fsp3) is 0.217. The highest BCUT2D eigenvalue weighted by Crippen LogP contribution is 2.37. The number of aliphatic hydroxyl groups is 1. The number of hydrogen-bond acceptors (Lipinski definition) is 5. The number of hydrogen-bond donors (Lipinski definition) is 2. The molecule has 1 unspecified atom stereocenters. The van der Waals surface area contributed by atoms with E-state index in [1.54, 1.807) is 4.68 Å². The molecule has 4 heterocycles. The van der Waals surface area contributed by atoms with Crippen LogP contribution >= 0.6 is 0 Å². The highest BCUT2D eigenvalue weighted by atomic mass is 16.3. The van der Waals surface area contributed by atoms with Crippen molar-refractivity contribution in [3.8, 4) is 22.5 Å². The van der Waals surface area contributed by atoms with Gasteiger partial charge in [0.25, 0.3) is 5.91 Å². The molecule has 1 aromatic carbocycles. The molecule has 0 fully saturated rings. The van der Waals surface area contributed by atoms with Crippen molar-refractivity contribution in [1.29, 1.82) is 0 Å². The highest BCUT2D eigenvalue weighted by molar-refractivity contribution is 5.97. The molecule has 0 spiro atoms. The standard InChI is InChI=1S/C23H19N5O2/c29-12-16-11-28-22(23(30)26-16)17-6-5-14-9-25-20(8-18(14)21(17)27-28)15-7-13-3-1-2-4-19(13)24-10-15/h1-4,7-10,16,29H,5-6,11-12H2,(H,26,30). The Labute approximate surface area is 172 Å². The van der Waals surface area contributed by atoms with Gasteiger partial charge in [0.2, 0.25) is 0 Å². The second-order valence-electron chi connectivity index (χ2n) is 7.85. The molecule has 7 heteroatoms. The van der Waals surface area contributed by atoms with Gasteiger partial charge >= 0.3 is 0 Å². The zero-order chi connectivity index (χ0) is 20.2. The molecular formula is C23H19N5O2. The molecule has 1 aliphatic carbocycles. The first-order valence-electron chi connectivity index (χ1n) is 10.1. The summed E-state index contributed by atoms with van der Waals surface area (Å²) in [5.41, 5.74) is 7.33. The lowest BCUT2D eigenvalue weighted by Gasteiger charge is -2.23. The van der Waals surface area contributed by atoms with Gasteiger partial charge in [-0.1, -0.05) is 18.2 Å². The number of nitrogens with one attached hydrogen (secondary N) is 1. The third-order valence-corrected chi connectivity index (χ3v) is 5.99. The van der Waals surface area contributed by atoms with Gasteiger partial charge in [0, 0.05) is 34.5 Å². The van der Waals surface area contributed by atoms with E-state index in [2.05, 4.69) is 27.4 Å². The predicted molar refractivity (Wildman–Crippen MR) is 112 cm³/mol. The molecule has 0 saturated heterocycles. The Balaban J connectivity index is 1.48. The molecule has 148 valence electrons. The number of pyridine rings is 2. The van der Waals surface area contributed by atoms with E-state index < -0.39 is 0 Å². The molecule has 2 aliphatic rings. The number of carbonyl (C=O) groups is 1. The molecule has 4 aromatic rings. The van der Waals surface area contributed by atoms with Gasteiger partial charge in [-0.3, -0.25) is 19.4 Å². The first-order valence-corrected chi connectivity index (χ1v) is 10.1. The number of benzene rings is 1. The van der Waals surface area contributed by atoms with Gasteiger partial charge in [-0.25, -0.2) is 0 Å². The van der Waals surface area contributed by atoms with Crippen molar-refractivity contribution >= 4 is 16.8 Å². The third-order valence-electron chi connectivity index (χ3n) is 5.99. The van der Waals surface area contributed by atoms with Crippen LogP contribution in [0.4, 0.5) is 0 Å². The van der Waals surface area contributed by atoms with Crippen LogP contribution < -0.4 is 5.32 Å². The average molecular weight is 397 g/mol. The zero-order valence-electron chi connectivity index (χ0n) is 16.2. The van der Waals surface area contributed by atoms with Crippen LogP contribution in [0, 0.1) is 0 Å². The number of fused-ring (bicyclic) bond motifs is 6. The van der Waals surface area contributed by atoms with Crippen LogP contribution in [-0.2, 0) is 19.4 Å². The Bertz CT molecular complexity index is 1330. The van der Waals surface area contributed by atoms with E-state index in [4.69, 9.17) is 5.10 Å². The largest absolute Gasteiger partial charge is 0.394 e. The molecule has 6 rings (SSSR count). The summed E-state index contributed by atoms with van der Waals surface area (Å²) in [4.78, 5) is 21.8. The summed E-state index contributed by atoms with van der Waals surface area (Å²) in [6.45, 7) is 0.377. The normalized spacial score (nSPS) is 17.2. The van der Waals surface area contributed by atoms with Crippen LogP contribution in [0.1, 0.15) is 21.6 Å². The number of amides is 1. The predicted octanol–water partition coefficient (Wildman–Crippen LogP) is 2.36. The lowest BCUT2D eigenvalue weighted by molar-refractivity contribution is 0.0861. The van der Waals surface area contributed by atoms with Crippen LogP contribution in [0.5, 0.6) is 0 Å². The zero-order valence-corrected chi connectivity index (χ0v) is 16.2. The van der Waals surface area contributed by atoms with Crippen molar-refractivity contribution in [3.63, 3.8) is 0 Å². The van der Waals surface area contributed by atoms with Crippen LogP contribution in [0.25, 0.3) is 33.4 Å². The molecule has 0 saturated carbocycles. The average Bonchev–Trinajstić information content (AvgIpc) is 3.18. The first kappa shape index (κ1) is 17.3. The summed E-state index contributed by atoms with van der Waals surface area (Å²) in [6, 6.07) is 11.9. The number of rotatable bonds is 2. The van der Waals surface area contributed by atoms with E-state index in [1.807, 2.05) is 36.7 Å². The van der Waals surface area contributed by atoms with Crippen LogP contribution in [-0.4, -0.2) is 43.4 Å². The minimum absolute atomic E-state index is 0.102. The number of aromatic nitrogens is 4. The topological polar surface area (TPSA) is 92.9 Å². The Morgan fingerprint density at radius 2 is 2.03 bits per heavy atom. The molecule has 3 aromatic heterocycles. The van der Waals surface area contributed by atoms with Crippen molar-refractivity contribution < 1.29 is 9.90 Å². The number of aryl methyl sites for hydroxylation is 1. The first-order chi connectivity index (χ1) is 14.7. The highest BCUT2D eigenvalue weighted by Gasteiger charge is 2.33. The van der Waals surface area contributed by atoms with Gasteiger partial charge in [0.15, 0.2) is 0 Å². The third kappa shape index (κ3) is 2.55. The monoisotopic (exact) mass is 397 g/mol. The number of aliphatic hydroxyl groups excluding tert-OH is 1. The summed E-state index contributed by atoms with van der Waals surface area (Å²) >= 11 is 0. The van der Waals surface area contributed by atoms with Gasteiger partial charge in [0.05, 0.1) is 36.1 Å². The maximum Gasteiger partial charge on any atom is 0.270 e. The SMILES string of the molecule is O=C1NC(CO)Cn2nc3c(c21)CCc1cnc(-c2cnc4ccccc4c2)cc1-3. The summed E-state index contributed by atoms with van der Waals surface area (Å²) < 4.78 is 1.75. The van der Waals surface area contributed by atoms with Crippen molar-refractivity contribution in [2.75, 3.05) is 6.61 Å². The lowest BCUT2D eigenvalue weighted by Crippen LogP contribution is -2.46. The van der Waals surface area contributed by atoms with E-state index >= 15 is 0 Å². The Morgan fingerprint density at radius 1 is 1.13 bits per heavy atom. The Kier molecular flexibility index (Phi) is 3.73. The quantitative estimate of drug-likeness (QED) is 0.542. The molecule has 0 bridgehead atoms. The van der Waals surface area contributed by atoms with Crippen molar-refractivity contribution in [2.24, 2.45) is 0 Å². The van der Waals surface area contributed by atoms with Gasteiger partial charge in [-0.2, -0.15) is 5.10 Å². The van der Waals surface area contributed by atoms with E-state index in [0.29, 0.717) is 12.2 Å². The number of carbonyl (C=O) groups excluding carboxylic acids is 1. The van der Waals surface area contributed by atoms with Crippen molar-refractivity contribution in [1.82, 2.24) is 25.1 Å². The molecule has 7 nitrogen and oxygen atoms in total. The molecule has 1 aliphatic heterocycles. The second kappa shape index (κ2) is 6.47. The lowest BCUT2D eigenvalue weighted by atomic mass is 9.89. The van der Waals surface area contributed by atoms with Crippen molar-refractivity contribution in [3.05, 3.63) is 65.6 Å². The van der Waals surface area contributed by atoms with Gasteiger partial charge < -0.3 is 10.4 Å². The molecular weight excluding hydrogens is 378 g/mol. The molecule has 2 N–H and O–H groups in total. The van der Waals surface area contributed by atoms with Gasteiger partial charge in [0.1, 0.15) is 5.69 Å². The van der Waals surface area contributed by atoms with E-state index in [-0.39, 0.29) is 18.6 Å². The summed E-state index contributed by atoms with van der Waals surface area (Å²) in [5.74, 6) is -0.162. The van der Waals surface area contributed by atoms with Crippen LogP contribution in [0.2, 0.25) is 0 Å². The Hall–Kier alpha value is -3.58. The number of para-hydroxylation sites is 1. The molecule has 1 atom stereocenters. The second-order valence-corrected chi connectivity index (χ2v) is 7.85. The Morgan fingerprint density at radius 3 is 2.93 bits per heavy atom. The maximum absolute atomic E-state index is 12.6.